The van der Waals surface area contributed by atoms with Gasteiger partial charge in [-0.25, -0.2) is 0 Å². The van der Waals surface area contributed by atoms with Gasteiger partial charge in [0.25, 0.3) is 0 Å². The smallest absolute Gasteiger partial charge is 0.304 e. The minimum absolute atomic E-state index is 0.292. The summed E-state index contributed by atoms with van der Waals surface area (Å²) >= 11 is 5.49. The van der Waals surface area contributed by atoms with Gasteiger partial charge in [-0.3, -0.25) is 4.74 Å². The van der Waals surface area contributed by atoms with Crippen LogP contribution in [0.15, 0.2) is 0 Å². The van der Waals surface area contributed by atoms with Crippen molar-refractivity contribution in [1.82, 2.24) is 4.90 Å². The Morgan fingerprint density at radius 3 is 2.33 bits per heavy atom. The number of rotatable bonds is 8. The maximum atomic E-state index is 11.6. The molecule has 0 aromatic carbocycles. The second kappa shape index (κ2) is 8.19. The van der Waals surface area contributed by atoms with E-state index in [-0.39, 0.29) is 6.61 Å². The van der Waals surface area contributed by atoms with Gasteiger partial charge in [0.1, 0.15) is 0 Å². The lowest BCUT2D eigenvalue weighted by Crippen LogP contribution is -2.27. The number of unbranched alkanes of at least 4 members (excludes halogenated alkanes) is 2. The van der Waals surface area contributed by atoms with E-state index in [0.29, 0.717) is 12.4 Å². The molecule has 0 atom stereocenters. The number of ether oxygens (including phenoxy) is 1. The van der Waals surface area contributed by atoms with Crippen molar-refractivity contribution < 1.29 is 17.9 Å². The average molecular weight is 248 g/mol. The molecule has 0 spiro atoms. The van der Waals surface area contributed by atoms with Crippen molar-refractivity contribution >= 4 is 11.6 Å². The largest absolute Gasteiger partial charge is 0.522 e. The SMILES string of the molecule is CN(CCCCCCl)CCOC(F)(F)F. The summed E-state index contributed by atoms with van der Waals surface area (Å²) in [5.41, 5.74) is 0. The van der Waals surface area contributed by atoms with E-state index in [9.17, 15) is 13.2 Å². The summed E-state index contributed by atoms with van der Waals surface area (Å²) in [6.45, 7) is 0.758. The molecule has 15 heavy (non-hydrogen) atoms. The zero-order valence-electron chi connectivity index (χ0n) is 8.82. The minimum Gasteiger partial charge on any atom is -0.304 e. The summed E-state index contributed by atoms with van der Waals surface area (Å²) in [7, 11) is 1.78. The second-order valence-electron chi connectivity index (χ2n) is 3.35. The average Bonchev–Trinajstić information content (AvgIpc) is 2.10. The summed E-state index contributed by atoms with van der Waals surface area (Å²) in [5.74, 6) is 0.640. The van der Waals surface area contributed by atoms with Crippen molar-refractivity contribution in [2.75, 3.05) is 32.6 Å². The zero-order valence-corrected chi connectivity index (χ0v) is 9.57. The summed E-state index contributed by atoms with van der Waals surface area (Å²) in [6.07, 6.45) is -1.60. The fourth-order valence-electron chi connectivity index (χ4n) is 1.08. The second-order valence-corrected chi connectivity index (χ2v) is 3.73. The Labute approximate surface area is 93.3 Å². The van der Waals surface area contributed by atoms with Gasteiger partial charge in [0.05, 0.1) is 6.61 Å². The first-order valence-electron chi connectivity index (χ1n) is 4.91. The van der Waals surface area contributed by atoms with Crippen LogP contribution in [0.2, 0.25) is 0 Å². The molecule has 0 fully saturated rings. The summed E-state index contributed by atoms with van der Waals surface area (Å²) < 4.78 is 38.5. The molecule has 0 radical (unpaired) electrons. The van der Waals surface area contributed by atoms with Crippen molar-refractivity contribution in [1.29, 1.82) is 0 Å². The molecule has 0 saturated carbocycles. The molecule has 0 rings (SSSR count). The molecule has 0 aromatic rings. The van der Waals surface area contributed by atoms with E-state index in [2.05, 4.69) is 4.74 Å². The van der Waals surface area contributed by atoms with Gasteiger partial charge in [0, 0.05) is 12.4 Å². The molecule has 0 bridgehead atoms. The van der Waals surface area contributed by atoms with Gasteiger partial charge in [-0.2, -0.15) is 0 Å². The highest BCUT2D eigenvalue weighted by molar-refractivity contribution is 6.17. The molecule has 0 saturated heterocycles. The molecule has 0 aliphatic heterocycles. The normalized spacial score (nSPS) is 12.4. The van der Waals surface area contributed by atoms with Gasteiger partial charge >= 0.3 is 6.36 Å². The van der Waals surface area contributed by atoms with Crippen LogP contribution in [0.1, 0.15) is 19.3 Å². The quantitative estimate of drug-likeness (QED) is 0.483. The highest BCUT2D eigenvalue weighted by atomic mass is 35.5. The number of alkyl halides is 4. The van der Waals surface area contributed by atoms with Gasteiger partial charge in [0.2, 0.25) is 0 Å². The van der Waals surface area contributed by atoms with Crippen LogP contribution in [-0.2, 0) is 4.74 Å². The van der Waals surface area contributed by atoms with Crippen LogP contribution >= 0.6 is 11.6 Å². The predicted octanol–water partition coefficient (Wildman–Crippen LogP) is 2.86. The fourth-order valence-corrected chi connectivity index (χ4v) is 1.27. The lowest BCUT2D eigenvalue weighted by Gasteiger charge is -2.16. The van der Waals surface area contributed by atoms with E-state index in [4.69, 9.17) is 11.6 Å². The number of hydrogen-bond donors (Lipinski definition) is 0. The van der Waals surface area contributed by atoms with Gasteiger partial charge in [-0.1, -0.05) is 6.42 Å². The molecule has 6 heteroatoms. The Morgan fingerprint density at radius 2 is 1.80 bits per heavy atom. The van der Waals surface area contributed by atoms with Gasteiger partial charge in [0.15, 0.2) is 0 Å². The molecular formula is C9H17ClF3NO. The molecule has 0 unspecified atom stereocenters. The Hall–Kier alpha value is -0.0000000000000000555. The van der Waals surface area contributed by atoms with Crippen molar-refractivity contribution in [3.63, 3.8) is 0 Å². The molecule has 0 N–H and O–H groups in total. The van der Waals surface area contributed by atoms with E-state index in [1.807, 2.05) is 4.90 Å². The molecule has 0 amide bonds. The van der Waals surface area contributed by atoms with Gasteiger partial charge < -0.3 is 4.90 Å². The van der Waals surface area contributed by atoms with Crippen LogP contribution < -0.4 is 0 Å². The van der Waals surface area contributed by atoms with Crippen LogP contribution in [0.5, 0.6) is 0 Å². The summed E-state index contributed by atoms with van der Waals surface area (Å²) in [4.78, 5) is 1.82. The first-order valence-corrected chi connectivity index (χ1v) is 5.44. The molecule has 0 aromatic heterocycles. The summed E-state index contributed by atoms with van der Waals surface area (Å²) in [6, 6.07) is 0. The maximum absolute atomic E-state index is 11.6. The monoisotopic (exact) mass is 247 g/mol. The topological polar surface area (TPSA) is 12.5 Å². The Morgan fingerprint density at radius 1 is 1.13 bits per heavy atom. The maximum Gasteiger partial charge on any atom is 0.522 e. The molecule has 0 aliphatic carbocycles. The van der Waals surface area contributed by atoms with Crippen molar-refractivity contribution in [3.05, 3.63) is 0 Å². The molecule has 0 heterocycles. The van der Waals surface area contributed by atoms with E-state index >= 15 is 0 Å². The Kier molecular flexibility index (Phi) is 8.19. The standard InChI is InChI=1S/C9H17ClF3NO/c1-14(6-4-2-3-5-10)7-8-15-9(11,12)13/h2-8H2,1H3. The van der Waals surface area contributed by atoms with Gasteiger partial charge in [-0.05, 0) is 26.4 Å². The predicted molar refractivity (Wildman–Crippen MR) is 54.1 cm³/mol. The number of hydrogen-bond acceptors (Lipinski definition) is 2. The van der Waals surface area contributed by atoms with E-state index < -0.39 is 6.36 Å². The van der Waals surface area contributed by atoms with Crippen molar-refractivity contribution in [2.45, 2.75) is 25.6 Å². The van der Waals surface area contributed by atoms with Crippen LogP contribution in [0.25, 0.3) is 0 Å². The van der Waals surface area contributed by atoms with Gasteiger partial charge in [-0.15, -0.1) is 24.8 Å². The van der Waals surface area contributed by atoms with Crippen LogP contribution in [0.3, 0.4) is 0 Å². The van der Waals surface area contributed by atoms with E-state index in [1.165, 1.54) is 0 Å². The number of likely N-dealkylation sites (N-methyl/N-ethyl adjacent to an activating group) is 1. The first-order chi connectivity index (χ1) is 6.95. The zero-order chi connectivity index (χ0) is 11.7. The fraction of sp³-hybridized carbons (Fsp3) is 1.00. The first kappa shape index (κ1) is 15.0. The van der Waals surface area contributed by atoms with Crippen LogP contribution in [-0.4, -0.2) is 43.9 Å². The Bertz CT molecular complexity index is 155. The van der Waals surface area contributed by atoms with E-state index in [0.717, 1.165) is 25.8 Å². The lowest BCUT2D eigenvalue weighted by atomic mass is 10.2. The molecule has 92 valence electrons. The minimum atomic E-state index is -4.51. The Balaban J connectivity index is 3.29. The highest BCUT2D eigenvalue weighted by Crippen LogP contribution is 2.15. The van der Waals surface area contributed by atoms with Crippen molar-refractivity contribution in [3.8, 4) is 0 Å². The van der Waals surface area contributed by atoms with Crippen LogP contribution in [0.4, 0.5) is 13.2 Å². The third-order valence-corrected chi connectivity index (χ3v) is 2.18. The highest BCUT2D eigenvalue weighted by Gasteiger charge is 2.28. The molecule has 2 nitrogen and oxygen atoms in total. The number of halogens is 4. The lowest BCUT2D eigenvalue weighted by molar-refractivity contribution is -0.324. The third kappa shape index (κ3) is 11.9. The number of nitrogens with zero attached hydrogens (tertiary/aromatic N) is 1. The third-order valence-electron chi connectivity index (χ3n) is 1.91. The van der Waals surface area contributed by atoms with Crippen LogP contribution in [0, 0.1) is 0 Å². The molecule has 0 aliphatic rings. The molecular weight excluding hydrogens is 231 g/mol. The summed E-state index contributed by atoms with van der Waals surface area (Å²) in [5, 5.41) is 0. The van der Waals surface area contributed by atoms with E-state index in [1.54, 1.807) is 7.05 Å². The van der Waals surface area contributed by atoms with Crippen molar-refractivity contribution in [2.24, 2.45) is 0 Å².